The number of aromatic nitrogens is 1. The van der Waals surface area contributed by atoms with E-state index in [-0.39, 0.29) is 0 Å². The van der Waals surface area contributed by atoms with Gasteiger partial charge in [-0.25, -0.2) is 10.5 Å². The van der Waals surface area contributed by atoms with E-state index in [0.717, 1.165) is 16.8 Å². The molecule has 0 aliphatic carbocycles. The number of carbonyl (C=O) groups excluding carboxylic acids is 1. The van der Waals surface area contributed by atoms with Gasteiger partial charge in [0.15, 0.2) is 5.13 Å². The van der Waals surface area contributed by atoms with E-state index in [9.17, 15) is 4.79 Å². The number of nitrogens with zero attached hydrogens (tertiary/aromatic N) is 1. The Bertz CT molecular complexity index is 575. The zero-order valence-electron chi connectivity index (χ0n) is 9.33. The van der Waals surface area contributed by atoms with Gasteiger partial charge in [0.05, 0.1) is 5.69 Å². The van der Waals surface area contributed by atoms with E-state index in [4.69, 9.17) is 10.9 Å². The first-order valence-corrected chi connectivity index (χ1v) is 6.00. The van der Waals surface area contributed by atoms with Crippen molar-refractivity contribution in [3.05, 3.63) is 41.3 Å². The SMILES string of the molecule is Nc1nc(-c2ccc(/C=C/C(=O)NO)cc2)cs1. The monoisotopic (exact) mass is 261 g/mol. The van der Waals surface area contributed by atoms with Crippen molar-refractivity contribution in [2.24, 2.45) is 0 Å². The van der Waals surface area contributed by atoms with Crippen LogP contribution < -0.4 is 11.2 Å². The van der Waals surface area contributed by atoms with Crippen molar-refractivity contribution in [3.8, 4) is 11.3 Å². The van der Waals surface area contributed by atoms with E-state index in [0.29, 0.717) is 5.13 Å². The minimum Gasteiger partial charge on any atom is -0.375 e. The molecule has 18 heavy (non-hydrogen) atoms. The number of nitrogen functional groups attached to an aromatic ring is 1. The van der Waals surface area contributed by atoms with E-state index >= 15 is 0 Å². The molecule has 0 aliphatic rings. The molecule has 0 saturated heterocycles. The average Bonchev–Trinajstić information content (AvgIpc) is 2.83. The van der Waals surface area contributed by atoms with Crippen LogP contribution >= 0.6 is 11.3 Å². The van der Waals surface area contributed by atoms with Gasteiger partial charge in [-0.15, -0.1) is 11.3 Å². The molecule has 2 aromatic rings. The molecule has 1 aromatic carbocycles. The minimum absolute atomic E-state index is 0.536. The number of hydrogen-bond donors (Lipinski definition) is 3. The van der Waals surface area contributed by atoms with Crippen LogP contribution in [0.25, 0.3) is 17.3 Å². The molecular formula is C12H11N3O2S. The van der Waals surface area contributed by atoms with Crippen LogP contribution in [0.1, 0.15) is 5.56 Å². The topological polar surface area (TPSA) is 88.2 Å². The summed E-state index contributed by atoms with van der Waals surface area (Å²) in [5.74, 6) is -0.564. The van der Waals surface area contributed by atoms with Gasteiger partial charge in [0.1, 0.15) is 0 Å². The Kier molecular flexibility index (Phi) is 3.71. The summed E-state index contributed by atoms with van der Waals surface area (Å²) in [7, 11) is 0. The molecule has 0 fully saturated rings. The Morgan fingerprint density at radius 1 is 1.39 bits per heavy atom. The van der Waals surface area contributed by atoms with Crippen molar-refractivity contribution in [2.45, 2.75) is 0 Å². The van der Waals surface area contributed by atoms with E-state index in [1.165, 1.54) is 22.9 Å². The minimum atomic E-state index is -0.564. The summed E-state index contributed by atoms with van der Waals surface area (Å²) in [6.07, 6.45) is 2.85. The summed E-state index contributed by atoms with van der Waals surface area (Å²) in [6, 6.07) is 7.49. The molecule has 0 radical (unpaired) electrons. The van der Waals surface area contributed by atoms with E-state index in [2.05, 4.69) is 4.98 Å². The Labute approximate surface area is 108 Å². The first-order valence-electron chi connectivity index (χ1n) is 5.12. The number of anilines is 1. The number of nitrogens with two attached hydrogens (primary N) is 1. The fraction of sp³-hybridized carbons (Fsp3) is 0. The molecule has 6 heteroatoms. The molecule has 0 aliphatic heterocycles. The number of rotatable bonds is 3. The fourth-order valence-electron chi connectivity index (χ4n) is 1.39. The van der Waals surface area contributed by atoms with Gasteiger partial charge in [0.25, 0.3) is 5.91 Å². The summed E-state index contributed by atoms with van der Waals surface area (Å²) in [4.78, 5) is 15.0. The van der Waals surface area contributed by atoms with Crippen LogP contribution in [0.3, 0.4) is 0 Å². The number of nitrogens with one attached hydrogen (secondary N) is 1. The van der Waals surface area contributed by atoms with Crippen LogP contribution in [0.4, 0.5) is 5.13 Å². The van der Waals surface area contributed by atoms with Crippen LogP contribution in [-0.2, 0) is 4.79 Å². The molecule has 5 nitrogen and oxygen atoms in total. The second-order valence-corrected chi connectivity index (χ2v) is 4.39. The second-order valence-electron chi connectivity index (χ2n) is 3.50. The average molecular weight is 261 g/mol. The molecule has 0 bridgehead atoms. The lowest BCUT2D eigenvalue weighted by atomic mass is 10.1. The number of hydroxylamine groups is 1. The van der Waals surface area contributed by atoms with Gasteiger partial charge in [-0.05, 0) is 11.6 Å². The molecule has 4 N–H and O–H groups in total. The van der Waals surface area contributed by atoms with Crippen molar-refractivity contribution in [1.82, 2.24) is 10.5 Å². The normalized spacial score (nSPS) is 10.7. The summed E-state index contributed by atoms with van der Waals surface area (Å²) in [5.41, 5.74) is 9.75. The quantitative estimate of drug-likeness (QED) is 0.447. The van der Waals surface area contributed by atoms with Crippen LogP contribution in [0, 0.1) is 0 Å². The molecule has 0 unspecified atom stereocenters. The third-order valence-corrected chi connectivity index (χ3v) is 2.94. The largest absolute Gasteiger partial charge is 0.375 e. The molecule has 0 spiro atoms. The standard InChI is InChI=1S/C12H11N3O2S/c13-12-14-10(7-18-12)9-4-1-8(2-5-9)3-6-11(16)15-17/h1-7,17H,(H2,13,14)(H,15,16)/b6-3+. The maximum absolute atomic E-state index is 10.8. The van der Waals surface area contributed by atoms with Crippen molar-refractivity contribution in [2.75, 3.05) is 5.73 Å². The van der Waals surface area contributed by atoms with Gasteiger partial charge < -0.3 is 5.73 Å². The van der Waals surface area contributed by atoms with Crippen LogP contribution in [0.2, 0.25) is 0 Å². The van der Waals surface area contributed by atoms with Crippen molar-refractivity contribution in [3.63, 3.8) is 0 Å². The van der Waals surface area contributed by atoms with Gasteiger partial charge in [-0.2, -0.15) is 0 Å². The van der Waals surface area contributed by atoms with Gasteiger partial charge in [0, 0.05) is 17.0 Å². The Hall–Kier alpha value is -2.18. The highest BCUT2D eigenvalue weighted by atomic mass is 32.1. The Balaban J connectivity index is 2.15. The molecule has 92 valence electrons. The van der Waals surface area contributed by atoms with Crippen molar-refractivity contribution in [1.29, 1.82) is 0 Å². The van der Waals surface area contributed by atoms with E-state index in [1.54, 1.807) is 6.08 Å². The summed E-state index contributed by atoms with van der Waals surface area (Å²) in [6.45, 7) is 0. The zero-order chi connectivity index (χ0) is 13.0. The number of hydrogen-bond acceptors (Lipinski definition) is 5. The lowest BCUT2D eigenvalue weighted by molar-refractivity contribution is -0.124. The van der Waals surface area contributed by atoms with E-state index in [1.807, 2.05) is 29.6 Å². The van der Waals surface area contributed by atoms with Crippen LogP contribution in [-0.4, -0.2) is 16.1 Å². The van der Waals surface area contributed by atoms with Gasteiger partial charge in [-0.3, -0.25) is 10.0 Å². The summed E-state index contributed by atoms with van der Waals surface area (Å²) >= 11 is 1.39. The number of thiazole rings is 1. The fourth-order valence-corrected chi connectivity index (χ4v) is 1.97. The van der Waals surface area contributed by atoms with Gasteiger partial charge in [-0.1, -0.05) is 24.3 Å². The summed E-state index contributed by atoms with van der Waals surface area (Å²) in [5, 5.41) is 10.8. The first-order chi connectivity index (χ1) is 8.69. The molecule has 1 heterocycles. The Morgan fingerprint density at radius 3 is 2.67 bits per heavy atom. The maximum Gasteiger partial charge on any atom is 0.267 e. The third kappa shape index (κ3) is 2.93. The third-order valence-electron chi connectivity index (χ3n) is 2.27. The lowest BCUT2D eigenvalue weighted by Gasteiger charge is -1.97. The van der Waals surface area contributed by atoms with Crippen LogP contribution in [0.15, 0.2) is 35.7 Å². The van der Waals surface area contributed by atoms with Crippen molar-refractivity contribution < 1.29 is 10.0 Å². The maximum atomic E-state index is 10.8. The highest BCUT2D eigenvalue weighted by Crippen LogP contribution is 2.23. The predicted molar refractivity (Wildman–Crippen MR) is 70.9 cm³/mol. The molecule has 0 atom stereocenters. The highest BCUT2D eigenvalue weighted by molar-refractivity contribution is 7.13. The molecule has 0 saturated carbocycles. The number of amides is 1. The van der Waals surface area contributed by atoms with Crippen LogP contribution in [0.5, 0.6) is 0 Å². The molecule has 1 amide bonds. The molecule has 2 rings (SSSR count). The summed E-state index contributed by atoms with van der Waals surface area (Å²) < 4.78 is 0. The molecular weight excluding hydrogens is 250 g/mol. The van der Waals surface area contributed by atoms with E-state index < -0.39 is 5.91 Å². The first kappa shape index (κ1) is 12.3. The highest BCUT2D eigenvalue weighted by Gasteiger charge is 2.01. The lowest BCUT2D eigenvalue weighted by Crippen LogP contribution is -2.14. The smallest absolute Gasteiger partial charge is 0.267 e. The number of carbonyl (C=O) groups is 1. The second kappa shape index (κ2) is 5.44. The number of benzene rings is 1. The van der Waals surface area contributed by atoms with Crippen molar-refractivity contribution >= 4 is 28.5 Å². The van der Waals surface area contributed by atoms with Gasteiger partial charge in [0.2, 0.25) is 0 Å². The Morgan fingerprint density at radius 2 is 2.11 bits per heavy atom. The predicted octanol–water partition coefficient (Wildman–Crippen LogP) is 1.91. The zero-order valence-corrected chi connectivity index (χ0v) is 10.1. The molecule has 1 aromatic heterocycles. The van der Waals surface area contributed by atoms with Gasteiger partial charge >= 0.3 is 0 Å².